The minimum absolute atomic E-state index is 0.0718. The molecule has 1 rings (SSSR count). The summed E-state index contributed by atoms with van der Waals surface area (Å²) in [5.74, 6) is -0.312. The van der Waals surface area contributed by atoms with Crippen LogP contribution in [0.25, 0.3) is 0 Å². The summed E-state index contributed by atoms with van der Waals surface area (Å²) >= 11 is 0. The highest BCUT2D eigenvalue weighted by molar-refractivity contribution is 7.89. The molecule has 0 fully saturated rings. The number of primary sulfonamides is 1. The molecule has 0 bridgehead atoms. The second kappa shape index (κ2) is 6.21. The van der Waals surface area contributed by atoms with Crippen LogP contribution in [-0.4, -0.2) is 25.6 Å². The third-order valence-corrected chi connectivity index (χ3v) is 3.30. The topological polar surface area (TPSA) is 91.4 Å². The first-order chi connectivity index (χ1) is 8.75. The third-order valence-electron chi connectivity index (χ3n) is 2.42. The summed E-state index contributed by atoms with van der Waals surface area (Å²) in [6.07, 6.45) is 2.13. The predicted molar refractivity (Wildman–Crippen MR) is 71.2 cm³/mol. The number of hydrogen-bond acceptors (Lipinski definition) is 4. The fourth-order valence-electron chi connectivity index (χ4n) is 1.55. The molecule has 19 heavy (non-hydrogen) atoms. The molecule has 2 N–H and O–H groups in total. The third kappa shape index (κ3) is 4.36. The van der Waals surface area contributed by atoms with Crippen molar-refractivity contribution in [2.45, 2.75) is 38.6 Å². The zero-order valence-corrected chi connectivity index (χ0v) is 12.2. The Bertz CT molecular complexity index is 546. The Hall–Kier alpha value is -1.34. The van der Waals surface area contributed by atoms with Crippen molar-refractivity contribution in [3.8, 4) is 0 Å². The van der Waals surface area contributed by atoms with Crippen molar-refractivity contribution in [1.82, 2.24) is 4.57 Å². The quantitative estimate of drug-likeness (QED) is 0.800. The summed E-state index contributed by atoms with van der Waals surface area (Å²) in [6, 6.07) is 1.26. The van der Waals surface area contributed by atoms with Gasteiger partial charge < -0.3 is 9.30 Å². The van der Waals surface area contributed by atoms with Gasteiger partial charge >= 0.3 is 5.97 Å². The Kier molecular flexibility index (Phi) is 5.13. The Morgan fingerprint density at radius 2 is 2.11 bits per heavy atom. The highest BCUT2D eigenvalue weighted by Gasteiger charge is 2.19. The number of aryl methyl sites for hydroxylation is 1. The van der Waals surface area contributed by atoms with Gasteiger partial charge in [-0.1, -0.05) is 20.8 Å². The van der Waals surface area contributed by atoms with Crippen LogP contribution in [0.3, 0.4) is 0 Å². The molecule has 0 amide bonds. The lowest BCUT2D eigenvalue weighted by Crippen LogP contribution is -2.14. The molecule has 0 saturated heterocycles. The van der Waals surface area contributed by atoms with Crippen LogP contribution in [0.2, 0.25) is 0 Å². The molecule has 0 aromatic carbocycles. The van der Waals surface area contributed by atoms with Gasteiger partial charge in [0.2, 0.25) is 10.0 Å². The number of rotatable bonds is 6. The van der Waals surface area contributed by atoms with E-state index in [1.54, 1.807) is 4.57 Å². The van der Waals surface area contributed by atoms with Crippen molar-refractivity contribution in [3.05, 3.63) is 18.0 Å². The summed E-state index contributed by atoms with van der Waals surface area (Å²) in [5.41, 5.74) is 0.214. The zero-order chi connectivity index (χ0) is 14.6. The predicted octanol–water partition coefficient (Wildman–Crippen LogP) is 1.36. The van der Waals surface area contributed by atoms with Crippen molar-refractivity contribution in [3.63, 3.8) is 0 Å². The largest absolute Gasteiger partial charge is 0.461 e. The Morgan fingerprint density at radius 3 is 2.58 bits per heavy atom. The van der Waals surface area contributed by atoms with Gasteiger partial charge in [-0.05, 0) is 18.4 Å². The average Bonchev–Trinajstić information content (AvgIpc) is 2.70. The molecule has 7 heteroatoms. The van der Waals surface area contributed by atoms with Crippen molar-refractivity contribution in [2.24, 2.45) is 11.1 Å². The normalized spacial score (nSPS) is 11.8. The smallest absolute Gasteiger partial charge is 0.354 e. The van der Waals surface area contributed by atoms with Gasteiger partial charge in [0.1, 0.15) is 10.6 Å². The first-order valence-electron chi connectivity index (χ1n) is 6.15. The fourth-order valence-corrected chi connectivity index (χ4v) is 2.10. The standard InChI is InChI=1S/C12H20N2O4S/c1-4-5-14-7-10(19(13,16)17)6-11(14)12(15)18-8-9(2)3/h6-7,9H,4-5,8H2,1-3H3,(H2,13,16,17). The summed E-state index contributed by atoms with van der Waals surface area (Å²) in [4.78, 5) is 11.8. The minimum Gasteiger partial charge on any atom is -0.461 e. The number of carbonyl (C=O) groups is 1. The van der Waals surface area contributed by atoms with Crippen molar-refractivity contribution < 1.29 is 17.9 Å². The van der Waals surface area contributed by atoms with E-state index in [0.29, 0.717) is 13.2 Å². The first kappa shape index (κ1) is 15.7. The second-order valence-corrected chi connectivity index (χ2v) is 6.35. The lowest BCUT2D eigenvalue weighted by atomic mass is 10.2. The molecule has 0 spiro atoms. The van der Waals surface area contributed by atoms with E-state index >= 15 is 0 Å². The molecular weight excluding hydrogens is 268 g/mol. The SMILES string of the molecule is CCCn1cc(S(N)(=O)=O)cc1C(=O)OCC(C)C. The van der Waals surface area contributed by atoms with Gasteiger partial charge in [-0.25, -0.2) is 18.4 Å². The Morgan fingerprint density at radius 1 is 1.47 bits per heavy atom. The van der Waals surface area contributed by atoms with Crippen LogP contribution in [0.1, 0.15) is 37.7 Å². The van der Waals surface area contributed by atoms with E-state index in [-0.39, 0.29) is 16.5 Å². The van der Waals surface area contributed by atoms with Gasteiger partial charge in [-0.3, -0.25) is 0 Å². The number of nitrogens with two attached hydrogens (primary N) is 1. The maximum absolute atomic E-state index is 11.9. The number of sulfonamides is 1. The molecule has 1 aromatic rings. The van der Waals surface area contributed by atoms with E-state index in [9.17, 15) is 13.2 Å². The van der Waals surface area contributed by atoms with Crippen molar-refractivity contribution >= 4 is 16.0 Å². The molecule has 1 heterocycles. The van der Waals surface area contributed by atoms with E-state index in [1.165, 1.54) is 12.3 Å². The van der Waals surface area contributed by atoms with Gasteiger partial charge in [0, 0.05) is 12.7 Å². The summed E-state index contributed by atoms with van der Waals surface area (Å²) in [7, 11) is -3.82. The lowest BCUT2D eigenvalue weighted by Gasteiger charge is -2.09. The number of esters is 1. The summed E-state index contributed by atoms with van der Waals surface area (Å²) in [6.45, 7) is 6.60. The second-order valence-electron chi connectivity index (χ2n) is 4.79. The molecule has 6 nitrogen and oxygen atoms in total. The number of aromatic nitrogens is 1. The van der Waals surface area contributed by atoms with Crippen LogP contribution in [0.15, 0.2) is 17.2 Å². The molecule has 0 atom stereocenters. The van der Waals surface area contributed by atoms with Crippen molar-refractivity contribution in [2.75, 3.05) is 6.61 Å². The van der Waals surface area contributed by atoms with E-state index in [2.05, 4.69) is 0 Å². The van der Waals surface area contributed by atoms with Gasteiger partial charge in [0.25, 0.3) is 0 Å². The van der Waals surface area contributed by atoms with Gasteiger partial charge in [0.05, 0.1) is 6.61 Å². The average molecular weight is 288 g/mol. The molecular formula is C12H20N2O4S. The fraction of sp³-hybridized carbons (Fsp3) is 0.583. The lowest BCUT2D eigenvalue weighted by molar-refractivity contribution is 0.0446. The molecule has 1 aromatic heterocycles. The molecule has 0 aliphatic carbocycles. The van der Waals surface area contributed by atoms with Gasteiger partial charge in [-0.2, -0.15) is 0 Å². The monoisotopic (exact) mass is 288 g/mol. The number of nitrogens with zero attached hydrogens (tertiary/aromatic N) is 1. The van der Waals surface area contributed by atoms with Crippen molar-refractivity contribution in [1.29, 1.82) is 0 Å². The number of hydrogen-bond donors (Lipinski definition) is 1. The maximum Gasteiger partial charge on any atom is 0.354 e. The Labute approximate surface area is 113 Å². The van der Waals surface area contributed by atoms with Crippen LogP contribution in [0, 0.1) is 5.92 Å². The van der Waals surface area contributed by atoms with Crippen LogP contribution >= 0.6 is 0 Å². The van der Waals surface area contributed by atoms with E-state index < -0.39 is 16.0 Å². The molecule has 0 saturated carbocycles. The summed E-state index contributed by atoms with van der Waals surface area (Å²) < 4.78 is 29.3. The highest BCUT2D eigenvalue weighted by atomic mass is 32.2. The van der Waals surface area contributed by atoms with E-state index in [0.717, 1.165) is 6.42 Å². The summed E-state index contributed by atoms with van der Waals surface area (Å²) in [5, 5.41) is 5.06. The van der Waals surface area contributed by atoms with Crippen LogP contribution < -0.4 is 5.14 Å². The Balaban J connectivity index is 3.04. The van der Waals surface area contributed by atoms with Crippen LogP contribution in [0.5, 0.6) is 0 Å². The number of ether oxygens (including phenoxy) is 1. The number of carbonyl (C=O) groups excluding carboxylic acids is 1. The van der Waals surface area contributed by atoms with Crippen LogP contribution in [-0.2, 0) is 21.3 Å². The first-order valence-corrected chi connectivity index (χ1v) is 7.70. The molecule has 108 valence electrons. The van der Waals surface area contributed by atoms with Gasteiger partial charge in [0.15, 0.2) is 0 Å². The molecule has 0 aliphatic heterocycles. The van der Waals surface area contributed by atoms with Gasteiger partial charge in [-0.15, -0.1) is 0 Å². The molecule has 0 unspecified atom stereocenters. The van der Waals surface area contributed by atoms with E-state index in [4.69, 9.17) is 9.88 Å². The van der Waals surface area contributed by atoms with E-state index in [1.807, 2.05) is 20.8 Å². The van der Waals surface area contributed by atoms with Crippen LogP contribution in [0.4, 0.5) is 0 Å². The maximum atomic E-state index is 11.9. The molecule has 0 aliphatic rings. The minimum atomic E-state index is -3.82. The molecule has 0 radical (unpaired) electrons. The zero-order valence-electron chi connectivity index (χ0n) is 11.4. The highest BCUT2D eigenvalue weighted by Crippen LogP contribution is 2.15.